The maximum absolute atomic E-state index is 12.9. The van der Waals surface area contributed by atoms with Crippen LogP contribution >= 0.6 is 0 Å². The van der Waals surface area contributed by atoms with E-state index in [-0.39, 0.29) is 17.6 Å². The van der Waals surface area contributed by atoms with Crippen molar-refractivity contribution in [2.75, 3.05) is 51.7 Å². The van der Waals surface area contributed by atoms with E-state index in [0.29, 0.717) is 49.8 Å². The van der Waals surface area contributed by atoms with Crippen LogP contribution in [0.2, 0.25) is 0 Å². The van der Waals surface area contributed by atoms with Crippen LogP contribution < -0.4 is 5.73 Å². The molecule has 10 heteroatoms. The number of benzene rings is 1. The van der Waals surface area contributed by atoms with Gasteiger partial charge in [0.25, 0.3) is 0 Å². The van der Waals surface area contributed by atoms with Gasteiger partial charge >= 0.3 is 0 Å². The van der Waals surface area contributed by atoms with Crippen LogP contribution in [0.3, 0.4) is 0 Å². The van der Waals surface area contributed by atoms with Gasteiger partial charge in [0.1, 0.15) is 5.82 Å². The van der Waals surface area contributed by atoms with Crippen molar-refractivity contribution in [3.8, 4) is 22.4 Å². The van der Waals surface area contributed by atoms with E-state index in [0.717, 1.165) is 54.6 Å². The zero-order valence-electron chi connectivity index (χ0n) is 21.7. The van der Waals surface area contributed by atoms with Crippen LogP contribution in [-0.2, 0) is 9.53 Å². The standard InChI is InChI=1S/C29H31N7O3/c30-28-24(19-37)27(21-8-10-35(11-9-21)26(38)18-34-12-14-39-15-13-34)33-29-23(17-32-36(28)29)22-6-7-25(31-16-22)20-4-2-1-3-5-20/h1-7,16-17,19,21H,8-15,18,30H2. The number of nitrogens with zero attached hydrogens (tertiary/aromatic N) is 6. The number of likely N-dealkylation sites (tertiary alicyclic amines) is 1. The molecule has 5 heterocycles. The topological polar surface area (TPSA) is 119 Å². The summed E-state index contributed by atoms with van der Waals surface area (Å²) in [4.78, 5) is 38.7. The van der Waals surface area contributed by atoms with Crippen LogP contribution in [0.25, 0.3) is 28.0 Å². The molecule has 2 aliphatic heterocycles. The molecule has 2 aliphatic rings. The highest BCUT2D eigenvalue weighted by Crippen LogP contribution is 2.34. The summed E-state index contributed by atoms with van der Waals surface area (Å²) in [5.74, 6) is 0.431. The van der Waals surface area contributed by atoms with Gasteiger partial charge in [0, 0.05) is 55.0 Å². The number of aromatic nitrogens is 4. The minimum Gasteiger partial charge on any atom is -0.383 e. The maximum Gasteiger partial charge on any atom is 0.236 e. The van der Waals surface area contributed by atoms with Gasteiger partial charge in [-0.25, -0.2) is 4.98 Å². The van der Waals surface area contributed by atoms with E-state index in [1.54, 1.807) is 6.20 Å². The van der Waals surface area contributed by atoms with Gasteiger partial charge < -0.3 is 15.4 Å². The van der Waals surface area contributed by atoms with E-state index in [1.807, 2.05) is 53.6 Å². The molecule has 10 nitrogen and oxygen atoms in total. The Balaban J connectivity index is 1.24. The highest BCUT2D eigenvalue weighted by Gasteiger charge is 2.29. The fourth-order valence-corrected chi connectivity index (χ4v) is 5.47. The predicted octanol–water partition coefficient (Wildman–Crippen LogP) is 2.89. The van der Waals surface area contributed by atoms with Crippen molar-refractivity contribution in [3.05, 3.63) is 66.1 Å². The lowest BCUT2D eigenvalue weighted by atomic mass is 9.90. The first-order valence-electron chi connectivity index (χ1n) is 13.3. The monoisotopic (exact) mass is 525 g/mol. The molecule has 0 atom stereocenters. The van der Waals surface area contributed by atoms with Crippen molar-refractivity contribution in [3.63, 3.8) is 0 Å². The summed E-state index contributed by atoms with van der Waals surface area (Å²) in [6.07, 6.45) is 5.72. The number of aldehydes is 1. The Hall–Kier alpha value is -4.15. The molecular weight excluding hydrogens is 494 g/mol. The number of carbonyl (C=O) groups is 2. The first kappa shape index (κ1) is 25.1. The second-order valence-electron chi connectivity index (χ2n) is 10.0. The quantitative estimate of drug-likeness (QED) is 0.382. The molecule has 0 saturated carbocycles. The smallest absolute Gasteiger partial charge is 0.236 e. The Kier molecular flexibility index (Phi) is 7.04. The molecule has 1 amide bonds. The van der Waals surface area contributed by atoms with Gasteiger partial charge in [-0.05, 0) is 18.9 Å². The second kappa shape index (κ2) is 10.9. The lowest BCUT2D eigenvalue weighted by molar-refractivity contribution is -0.134. The van der Waals surface area contributed by atoms with Gasteiger partial charge in [-0.2, -0.15) is 9.61 Å². The first-order chi connectivity index (χ1) is 19.1. The number of piperidine rings is 1. The van der Waals surface area contributed by atoms with E-state index in [1.165, 1.54) is 4.52 Å². The van der Waals surface area contributed by atoms with E-state index in [2.05, 4.69) is 15.0 Å². The van der Waals surface area contributed by atoms with Crippen molar-refractivity contribution in [2.45, 2.75) is 18.8 Å². The summed E-state index contributed by atoms with van der Waals surface area (Å²) in [5.41, 5.74) is 11.7. The molecule has 0 spiro atoms. The number of ether oxygens (including phenoxy) is 1. The molecule has 1 aromatic carbocycles. The normalized spacial score (nSPS) is 17.0. The molecule has 0 radical (unpaired) electrons. The third-order valence-electron chi connectivity index (χ3n) is 7.71. The van der Waals surface area contributed by atoms with Gasteiger partial charge in [0.15, 0.2) is 11.9 Å². The van der Waals surface area contributed by atoms with Crippen LogP contribution in [0, 0.1) is 0 Å². The number of hydrogen-bond donors (Lipinski definition) is 1. The molecule has 0 bridgehead atoms. The van der Waals surface area contributed by atoms with Crippen molar-refractivity contribution in [1.29, 1.82) is 0 Å². The Morgan fingerprint density at radius 2 is 1.77 bits per heavy atom. The minimum absolute atomic E-state index is 0.0197. The summed E-state index contributed by atoms with van der Waals surface area (Å²) in [5, 5.41) is 4.44. The molecule has 39 heavy (non-hydrogen) atoms. The van der Waals surface area contributed by atoms with Crippen LogP contribution in [-0.4, -0.2) is 87.5 Å². The number of pyridine rings is 1. The Morgan fingerprint density at radius 1 is 1.00 bits per heavy atom. The second-order valence-corrected chi connectivity index (χ2v) is 10.0. The highest BCUT2D eigenvalue weighted by atomic mass is 16.5. The molecule has 6 rings (SSSR count). The van der Waals surface area contributed by atoms with E-state index in [9.17, 15) is 9.59 Å². The van der Waals surface area contributed by atoms with Gasteiger partial charge in [-0.3, -0.25) is 19.5 Å². The number of amides is 1. The van der Waals surface area contributed by atoms with E-state index < -0.39 is 0 Å². The fourth-order valence-electron chi connectivity index (χ4n) is 5.47. The molecule has 4 aromatic rings. The van der Waals surface area contributed by atoms with Crippen LogP contribution in [0.4, 0.5) is 5.82 Å². The lowest BCUT2D eigenvalue weighted by Crippen LogP contribution is -2.46. The predicted molar refractivity (Wildman–Crippen MR) is 147 cm³/mol. The Bertz CT molecular complexity index is 1470. The summed E-state index contributed by atoms with van der Waals surface area (Å²) in [7, 11) is 0. The largest absolute Gasteiger partial charge is 0.383 e. The van der Waals surface area contributed by atoms with Gasteiger partial charge in [0.05, 0.1) is 42.9 Å². The van der Waals surface area contributed by atoms with E-state index in [4.69, 9.17) is 15.5 Å². The number of carbonyl (C=O) groups excluding carboxylic acids is 2. The molecule has 0 unspecified atom stereocenters. The maximum atomic E-state index is 12.9. The highest BCUT2D eigenvalue weighted by molar-refractivity contribution is 5.87. The molecule has 3 aromatic heterocycles. The average molecular weight is 526 g/mol. The number of anilines is 1. The summed E-state index contributed by atoms with van der Waals surface area (Å²) < 4.78 is 6.91. The number of nitrogens with two attached hydrogens (primary N) is 1. The zero-order chi connectivity index (χ0) is 26.8. The minimum atomic E-state index is 0.0197. The molecule has 2 fully saturated rings. The van der Waals surface area contributed by atoms with Crippen molar-refractivity contribution in [2.24, 2.45) is 0 Å². The number of fused-ring (bicyclic) bond motifs is 1. The lowest BCUT2D eigenvalue weighted by Gasteiger charge is -2.34. The summed E-state index contributed by atoms with van der Waals surface area (Å²) >= 11 is 0. The SMILES string of the molecule is Nc1c(C=O)c(C2CCN(C(=O)CN3CCOCC3)CC2)nc2c(-c3ccc(-c4ccccc4)nc3)cnn12. The van der Waals surface area contributed by atoms with Crippen molar-refractivity contribution in [1.82, 2.24) is 29.4 Å². The molecule has 2 saturated heterocycles. The molecule has 200 valence electrons. The first-order valence-corrected chi connectivity index (χ1v) is 13.3. The third kappa shape index (κ3) is 5.00. The average Bonchev–Trinajstić information content (AvgIpc) is 3.43. The zero-order valence-corrected chi connectivity index (χ0v) is 21.7. The van der Waals surface area contributed by atoms with Gasteiger partial charge in [0.2, 0.25) is 5.91 Å². The summed E-state index contributed by atoms with van der Waals surface area (Å²) in [6, 6.07) is 14.0. The number of rotatable bonds is 6. The van der Waals surface area contributed by atoms with Crippen molar-refractivity contribution < 1.29 is 14.3 Å². The summed E-state index contributed by atoms with van der Waals surface area (Å²) in [6.45, 7) is 4.57. The van der Waals surface area contributed by atoms with Crippen LogP contribution in [0.1, 0.15) is 34.8 Å². The molecular formula is C29H31N7O3. The number of nitrogen functional groups attached to an aromatic ring is 1. The Labute approximate surface area is 226 Å². The van der Waals surface area contributed by atoms with Gasteiger partial charge in [-0.15, -0.1) is 0 Å². The van der Waals surface area contributed by atoms with Crippen LogP contribution in [0.5, 0.6) is 0 Å². The van der Waals surface area contributed by atoms with E-state index >= 15 is 0 Å². The molecule has 2 N–H and O–H groups in total. The Morgan fingerprint density at radius 3 is 2.46 bits per heavy atom. The number of morpholine rings is 1. The van der Waals surface area contributed by atoms with Gasteiger partial charge in [-0.1, -0.05) is 36.4 Å². The fraction of sp³-hybridized carbons (Fsp3) is 0.345. The van der Waals surface area contributed by atoms with Crippen molar-refractivity contribution >= 4 is 23.7 Å². The van der Waals surface area contributed by atoms with Crippen LogP contribution in [0.15, 0.2) is 54.9 Å². The third-order valence-corrected chi connectivity index (χ3v) is 7.71. The number of hydrogen-bond acceptors (Lipinski definition) is 8. The molecule has 0 aliphatic carbocycles.